The van der Waals surface area contributed by atoms with Crippen LogP contribution in [-0.2, 0) is 6.42 Å². The summed E-state index contributed by atoms with van der Waals surface area (Å²) in [6.45, 7) is 1.87. The molecule has 0 saturated heterocycles. The Labute approximate surface area is 96.9 Å². The average Bonchev–Trinajstić information content (AvgIpc) is 2.33. The van der Waals surface area contributed by atoms with Crippen LogP contribution in [0.5, 0.6) is 0 Å². The molecule has 0 unspecified atom stereocenters. The van der Waals surface area contributed by atoms with E-state index in [4.69, 9.17) is 0 Å². The van der Waals surface area contributed by atoms with Gasteiger partial charge in [0.25, 0.3) is 0 Å². The normalized spacial score (nSPS) is 9.31. The topological polar surface area (TPSA) is 0 Å². The molecule has 0 saturated carbocycles. The van der Waals surface area contributed by atoms with Crippen molar-refractivity contribution in [3.63, 3.8) is 0 Å². The van der Waals surface area contributed by atoms with Gasteiger partial charge in [-0.05, 0) is 30.5 Å². The van der Waals surface area contributed by atoms with Gasteiger partial charge < -0.3 is 0 Å². The molecule has 2 aromatic rings. The maximum absolute atomic E-state index is 3.15. The second kappa shape index (κ2) is 5.19. The van der Waals surface area contributed by atoms with Crippen LogP contribution < -0.4 is 0 Å². The summed E-state index contributed by atoms with van der Waals surface area (Å²) in [7, 11) is 0. The third kappa shape index (κ3) is 2.52. The van der Waals surface area contributed by atoms with Crippen molar-refractivity contribution in [2.45, 2.75) is 13.3 Å². The second-order valence-electron chi connectivity index (χ2n) is 3.69. The van der Waals surface area contributed by atoms with Gasteiger partial charge in [0, 0.05) is 5.56 Å². The zero-order valence-corrected chi connectivity index (χ0v) is 9.40. The molecule has 16 heavy (non-hydrogen) atoms. The Bertz CT molecular complexity index is 512. The van der Waals surface area contributed by atoms with Crippen LogP contribution >= 0.6 is 0 Å². The fourth-order valence-corrected chi connectivity index (χ4v) is 1.75. The van der Waals surface area contributed by atoms with Crippen LogP contribution in [0.15, 0.2) is 54.6 Å². The molecule has 0 aliphatic carbocycles. The Morgan fingerprint density at radius 3 is 2.31 bits per heavy atom. The van der Waals surface area contributed by atoms with E-state index in [9.17, 15) is 0 Å². The molecule has 2 rings (SSSR count). The molecule has 0 aromatic heterocycles. The minimum atomic E-state index is 0.950. The highest BCUT2D eigenvalue weighted by Crippen LogP contribution is 2.13. The van der Waals surface area contributed by atoms with E-state index in [-0.39, 0.29) is 0 Å². The summed E-state index contributed by atoms with van der Waals surface area (Å²) >= 11 is 0. The van der Waals surface area contributed by atoms with Gasteiger partial charge in [-0.2, -0.15) is 0 Å². The molecular weight excluding hydrogens is 192 g/mol. The number of rotatable bonds is 2. The average molecular weight is 206 g/mol. The fourth-order valence-electron chi connectivity index (χ4n) is 1.75. The van der Waals surface area contributed by atoms with Crippen molar-refractivity contribution in [3.05, 3.63) is 71.3 Å². The van der Waals surface area contributed by atoms with E-state index in [1.807, 2.05) is 19.1 Å². The number of hydrogen-bond acceptors (Lipinski definition) is 0. The van der Waals surface area contributed by atoms with Gasteiger partial charge in [-0.3, -0.25) is 0 Å². The maximum Gasteiger partial charge on any atom is 0.0280 e. The maximum atomic E-state index is 3.15. The predicted molar refractivity (Wildman–Crippen MR) is 68.2 cm³/mol. The lowest BCUT2D eigenvalue weighted by molar-refractivity contribution is 1.18. The first-order valence-corrected chi connectivity index (χ1v) is 5.45. The van der Waals surface area contributed by atoms with Gasteiger partial charge in [0.05, 0.1) is 0 Å². The molecule has 0 fully saturated rings. The van der Waals surface area contributed by atoms with E-state index < -0.39 is 0 Å². The Morgan fingerprint density at radius 1 is 0.875 bits per heavy atom. The van der Waals surface area contributed by atoms with E-state index in [0.717, 1.165) is 12.0 Å². The zero-order valence-electron chi connectivity index (χ0n) is 9.40. The standard InChI is InChI=1S/C16H14/c1-2-8-15-11-6-7-12-16(15)13-14-9-4-3-5-10-14/h3-7,9-12H,13H2,1H3. The molecule has 0 atom stereocenters. The monoisotopic (exact) mass is 206 g/mol. The summed E-state index contributed by atoms with van der Waals surface area (Å²) in [6.07, 6.45) is 0.950. The Balaban J connectivity index is 2.30. The van der Waals surface area contributed by atoms with Crippen LogP contribution in [0.1, 0.15) is 23.6 Å². The quantitative estimate of drug-likeness (QED) is 0.658. The van der Waals surface area contributed by atoms with Gasteiger partial charge in [0.1, 0.15) is 0 Å². The highest BCUT2D eigenvalue weighted by atomic mass is 14.0. The lowest BCUT2D eigenvalue weighted by Gasteiger charge is -2.04. The molecule has 0 aliphatic heterocycles. The Kier molecular flexibility index (Phi) is 3.41. The summed E-state index contributed by atoms with van der Waals surface area (Å²) in [5, 5.41) is 0. The molecule has 0 aliphatic rings. The highest BCUT2D eigenvalue weighted by molar-refractivity contribution is 5.43. The first kappa shape index (κ1) is 10.5. The lowest BCUT2D eigenvalue weighted by Crippen LogP contribution is -1.91. The van der Waals surface area contributed by atoms with Crippen LogP contribution in [0.3, 0.4) is 0 Å². The molecule has 0 radical (unpaired) electrons. The highest BCUT2D eigenvalue weighted by Gasteiger charge is 1.99. The van der Waals surface area contributed by atoms with Gasteiger partial charge in [0.2, 0.25) is 0 Å². The lowest BCUT2D eigenvalue weighted by atomic mass is 10.0. The molecule has 0 bridgehead atoms. The minimum Gasteiger partial charge on any atom is -0.101 e. The van der Waals surface area contributed by atoms with E-state index >= 15 is 0 Å². The first-order chi connectivity index (χ1) is 7.90. The molecule has 0 heterocycles. The van der Waals surface area contributed by atoms with Crippen molar-refractivity contribution < 1.29 is 0 Å². The summed E-state index contributed by atoms with van der Waals surface area (Å²) in [6, 6.07) is 18.8. The largest absolute Gasteiger partial charge is 0.101 e. The third-order valence-electron chi connectivity index (χ3n) is 2.51. The summed E-state index contributed by atoms with van der Waals surface area (Å²) in [5.41, 5.74) is 3.75. The molecular formula is C16H14. The molecule has 0 spiro atoms. The van der Waals surface area contributed by atoms with Gasteiger partial charge in [-0.1, -0.05) is 54.5 Å². The van der Waals surface area contributed by atoms with E-state index in [0.29, 0.717) is 0 Å². The van der Waals surface area contributed by atoms with Crippen molar-refractivity contribution in [2.24, 2.45) is 0 Å². The van der Waals surface area contributed by atoms with Crippen LogP contribution in [-0.4, -0.2) is 0 Å². The van der Waals surface area contributed by atoms with E-state index in [1.54, 1.807) is 0 Å². The van der Waals surface area contributed by atoms with Crippen molar-refractivity contribution in [1.29, 1.82) is 0 Å². The Hall–Kier alpha value is -2.00. The Morgan fingerprint density at radius 2 is 1.56 bits per heavy atom. The predicted octanol–water partition coefficient (Wildman–Crippen LogP) is 3.65. The molecule has 0 nitrogen and oxygen atoms in total. The summed E-state index contributed by atoms with van der Waals surface area (Å²) in [5.74, 6) is 6.11. The summed E-state index contributed by atoms with van der Waals surface area (Å²) < 4.78 is 0. The van der Waals surface area contributed by atoms with Crippen LogP contribution in [0, 0.1) is 11.8 Å². The number of benzene rings is 2. The molecule has 0 heteroatoms. The fraction of sp³-hybridized carbons (Fsp3) is 0.125. The van der Waals surface area contributed by atoms with Gasteiger partial charge >= 0.3 is 0 Å². The number of hydrogen-bond donors (Lipinski definition) is 0. The molecule has 0 N–H and O–H groups in total. The summed E-state index contributed by atoms with van der Waals surface area (Å²) in [4.78, 5) is 0. The molecule has 78 valence electrons. The SMILES string of the molecule is CC#Cc1ccccc1Cc1ccccc1. The van der Waals surface area contributed by atoms with Crippen molar-refractivity contribution in [2.75, 3.05) is 0 Å². The smallest absolute Gasteiger partial charge is 0.0280 e. The van der Waals surface area contributed by atoms with E-state index in [1.165, 1.54) is 11.1 Å². The van der Waals surface area contributed by atoms with Gasteiger partial charge in [-0.15, -0.1) is 5.92 Å². The third-order valence-corrected chi connectivity index (χ3v) is 2.51. The van der Waals surface area contributed by atoms with Crippen molar-refractivity contribution in [1.82, 2.24) is 0 Å². The van der Waals surface area contributed by atoms with E-state index in [2.05, 4.69) is 54.3 Å². The second-order valence-corrected chi connectivity index (χ2v) is 3.69. The van der Waals surface area contributed by atoms with Crippen LogP contribution in [0.4, 0.5) is 0 Å². The first-order valence-electron chi connectivity index (χ1n) is 5.45. The molecule has 2 aromatic carbocycles. The minimum absolute atomic E-state index is 0.950. The van der Waals surface area contributed by atoms with Crippen LogP contribution in [0.2, 0.25) is 0 Å². The van der Waals surface area contributed by atoms with Crippen molar-refractivity contribution >= 4 is 0 Å². The van der Waals surface area contributed by atoms with Gasteiger partial charge in [-0.25, -0.2) is 0 Å². The van der Waals surface area contributed by atoms with Crippen molar-refractivity contribution in [3.8, 4) is 11.8 Å². The zero-order chi connectivity index (χ0) is 11.2. The molecule has 0 amide bonds. The van der Waals surface area contributed by atoms with Gasteiger partial charge in [0.15, 0.2) is 0 Å². The van der Waals surface area contributed by atoms with Crippen LogP contribution in [0.25, 0.3) is 0 Å².